The molecule has 0 spiro atoms. The third-order valence-corrected chi connectivity index (χ3v) is 7.94. The number of urea groups is 1. The number of anilines is 2. The molecule has 2 aliphatic heterocycles. The number of H-pyrrole nitrogens is 1. The number of hydrogen-bond acceptors (Lipinski definition) is 3. The van der Waals surface area contributed by atoms with Crippen LogP contribution in [0.4, 0.5) is 20.6 Å². The van der Waals surface area contributed by atoms with Crippen molar-refractivity contribution in [1.82, 2.24) is 9.88 Å². The van der Waals surface area contributed by atoms with E-state index in [2.05, 4.69) is 10.3 Å². The van der Waals surface area contributed by atoms with Gasteiger partial charge in [0.25, 0.3) is 11.8 Å². The van der Waals surface area contributed by atoms with Gasteiger partial charge in [0.15, 0.2) is 0 Å². The minimum atomic E-state index is -0.786. The maximum absolute atomic E-state index is 14.2. The number of halogens is 2. The molecule has 1 fully saturated rings. The lowest BCUT2D eigenvalue weighted by molar-refractivity contribution is -0.120. The first kappa shape index (κ1) is 25.0. The highest BCUT2D eigenvalue weighted by molar-refractivity contribution is 6.30. The van der Waals surface area contributed by atoms with E-state index in [-0.39, 0.29) is 11.3 Å². The zero-order valence-corrected chi connectivity index (χ0v) is 22.2. The molecule has 5 aromatic rings. The van der Waals surface area contributed by atoms with Gasteiger partial charge in [0, 0.05) is 33.7 Å². The fourth-order valence-electron chi connectivity index (χ4n) is 5.91. The van der Waals surface area contributed by atoms with Gasteiger partial charge in [0.2, 0.25) is 0 Å². The fraction of sp³-hybridized carbons (Fsp3) is 0.0938. The van der Waals surface area contributed by atoms with Crippen LogP contribution in [0.5, 0.6) is 0 Å². The minimum Gasteiger partial charge on any atom is -0.356 e. The molecule has 202 valence electrons. The monoisotopic (exact) mass is 564 g/mol. The molecular formula is C32H22ClFN4O3. The van der Waals surface area contributed by atoms with Gasteiger partial charge in [-0.25, -0.2) is 14.1 Å². The van der Waals surface area contributed by atoms with Crippen molar-refractivity contribution in [2.24, 2.45) is 0 Å². The van der Waals surface area contributed by atoms with Crippen LogP contribution in [0.25, 0.3) is 10.9 Å². The largest absolute Gasteiger partial charge is 0.356 e. The number of amides is 4. The molecule has 0 aliphatic carbocycles. The summed E-state index contributed by atoms with van der Waals surface area (Å²) in [5.74, 6) is -1.37. The van der Waals surface area contributed by atoms with E-state index in [0.29, 0.717) is 17.1 Å². The van der Waals surface area contributed by atoms with Crippen molar-refractivity contribution in [3.05, 3.63) is 130 Å². The number of aromatic nitrogens is 1. The number of fused-ring (bicyclic) bond motifs is 4. The number of carbonyl (C=O) groups excluding carboxylic acids is 3. The van der Waals surface area contributed by atoms with Crippen molar-refractivity contribution in [1.29, 1.82) is 0 Å². The van der Waals surface area contributed by atoms with E-state index < -0.39 is 35.7 Å². The third kappa shape index (κ3) is 4.06. The second-order valence-electron chi connectivity index (χ2n) is 10.1. The number of rotatable bonds is 4. The Labute approximate surface area is 239 Å². The zero-order chi connectivity index (χ0) is 28.2. The first-order chi connectivity index (χ1) is 19.9. The molecule has 7 nitrogen and oxygen atoms in total. The Kier molecular flexibility index (Phi) is 5.87. The van der Waals surface area contributed by atoms with Crippen LogP contribution in [0.15, 0.2) is 97.1 Å². The molecule has 1 saturated heterocycles. The molecule has 2 aliphatic rings. The quantitative estimate of drug-likeness (QED) is 0.238. The average Bonchev–Trinajstić information content (AvgIpc) is 3.47. The highest BCUT2D eigenvalue weighted by Gasteiger charge is 2.53. The van der Waals surface area contributed by atoms with Crippen LogP contribution >= 0.6 is 11.6 Å². The van der Waals surface area contributed by atoms with E-state index in [4.69, 9.17) is 11.6 Å². The van der Waals surface area contributed by atoms with Crippen LogP contribution in [0, 0.1) is 5.82 Å². The summed E-state index contributed by atoms with van der Waals surface area (Å²) in [4.78, 5) is 47.8. The maximum Gasteiger partial charge on any atom is 0.332 e. The second-order valence-corrected chi connectivity index (χ2v) is 10.5. The number of aromatic amines is 1. The summed E-state index contributed by atoms with van der Waals surface area (Å²) < 4.78 is 13.4. The first-order valence-corrected chi connectivity index (χ1v) is 13.5. The Hall–Kier alpha value is -4.95. The van der Waals surface area contributed by atoms with Gasteiger partial charge in [-0.3, -0.25) is 14.5 Å². The van der Waals surface area contributed by atoms with E-state index in [1.807, 2.05) is 36.4 Å². The first-order valence-electron chi connectivity index (χ1n) is 13.1. The summed E-state index contributed by atoms with van der Waals surface area (Å²) in [6.07, 6.45) is 0.321. The maximum atomic E-state index is 14.2. The van der Waals surface area contributed by atoms with Crippen molar-refractivity contribution < 1.29 is 18.8 Å². The summed E-state index contributed by atoms with van der Waals surface area (Å²) in [6.45, 7) is 0. The Balaban J connectivity index is 1.32. The van der Waals surface area contributed by atoms with Gasteiger partial charge in [-0.05, 0) is 65.7 Å². The van der Waals surface area contributed by atoms with Gasteiger partial charge in [0.05, 0.1) is 11.3 Å². The summed E-state index contributed by atoms with van der Waals surface area (Å²) in [6, 6.07) is 25.0. The molecule has 0 bridgehead atoms. The lowest BCUT2D eigenvalue weighted by atomic mass is 9.89. The molecule has 4 aromatic carbocycles. The molecule has 41 heavy (non-hydrogen) atoms. The second kappa shape index (κ2) is 9.60. The Morgan fingerprint density at radius 2 is 1.68 bits per heavy atom. The average molecular weight is 565 g/mol. The van der Waals surface area contributed by atoms with Crippen molar-refractivity contribution in [3.8, 4) is 0 Å². The van der Waals surface area contributed by atoms with E-state index in [9.17, 15) is 18.8 Å². The number of benzene rings is 4. The number of hydrogen-bond donors (Lipinski definition) is 2. The summed E-state index contributed by atoms with van der Waals surface area (Å²) in [5.41, 5.74) is 4.18. The molecule has 3 heterocycles. The van der Waals surface area contributed by atoms with Crippen LogP contribution in [-0.2, 0) is 11.2 Å². The number of para-hydroxylation sites is 2. The SMILES string of the molecule is O=C(Nc1ccc(F)cc1)c1ccccc1N1C(=O)[C@@H]2Cc3c([nH]c4ccccc34)[C@H](c3cccc(Cl)c3)N2C1=O. The Morgan fingerprint density at radius 1 is 0.927 bits per heavy atom. The predicted molar refractivity (Wildman–Crippen MR) is 155 cm³/mol. The van der Waals surface area contributed by atoms with Crippen LogP contribution < -0.4 is 10.2 Å². The van der Waals surface area contributed by atoms with E-state index in [1.165, 1.54) is 24.3 Å². The van der Waals surface area contributed by atoms with Crippen LogP contribution in [0.1, 0.15) is 33.2 Å². The van der Waals surface area contributed by atoms with Crippen molar-refractivity contribution in [2.45, 2.75) is 18.5 Å². The van der Waals surface area contributed by atoms with Crippen molar-refractivity contribution >= 4 is 51.7 Å². The molecule has 2 N–H and O–H groups in total. The molecule has 1 aromatic heterocycles. The van der Waals surface area contributed by atoms with Crippen LogP contribution in [0.2, 0.25) is 5.02 Å². The smallest absolute Gasteiger partial charge is 0.332 e. The summed E-state index contributed by atoms with van der Waals surface area (Å²) in [7, 11) is 0. The molecule has 9 heteroatoms. The standard InChI is InChI=1S/C32H22ClFN4O3/c33-19-7-5-6-18(16-19)29-28-24(22-8-1-3-10-25(22)36-28)17-27-31(40)38(32(41)37(27)29)26-11-4-2-9-23(26)30(39)35-21-14-12-20(34)13-15-21/h1-16,27,29,36H,17H2,(H,35,39)/t27-,29-/m0/s1. The number of nitrogens with one attached hydrogen (secondary N) is 2. The topological polar surface area (TPSA) is 85.5 Å². The van der Waals surface area contributed by atoms with Gasteiger partial charge < -0.3 is 10.3 Å². The van der Waals surface area contributed by atoms with Gasteiger partial charge in [0.1, 0.15) is 17.9 Å². The molecule has 4 amide bonds. The highest BCUT2D eigenvalue weighted by Crippen LogP contribution is 2.45. The van der Waals surface area contributed by atoms with Crippen LogP contribution in [0.3, 0.4) is 0 Å². The van der Waals surface area contributed by atoms with E-state index in [0.717, 1.165) is 32.6 Å². The number of nitrogens with zero attached hydrogens (tertiary/aromatic N) is 2. The predicted octanol–water partition coefficient (Wildman–Crippen LogP) is 6.70. The van der Waals surface area contributed by atoms with Gasteiger partial charge in [-0.2, -0.15) is 0 Å². The lowest BCUT2D eigenvalue weighted by Crippen LogP contribution is -2.44. The van der Waals surface area contributed by atoms with Crippen LogP contribution in [-0.4, -0.2) is 33.8 Å². The van der Waals surface area contributed by atoms with Gasteiger partial charge in [-0.1, -0.05) is 54.1 Å². The summed E-state index contributed by atoms with van der Waals surface area (Å²) in [5, 5.41) is 4.23. The third-order valence-electron chi connectivity index (χ3n) is 7.71. The normalized spacial score (nSPS) is 18.0. The van der Waals surface area contributed by atoms with E-state index >= 15 is 0 Å². The number of carbonyl (C=O) groups is 3. The summed E-state index contributed by atoms with van der Waals surface area (Å²) >= 11 is 6.38. The highest BCUT2D eigenvalue weighted by atomic mass is 35.5. The molecular weight excluding hydrogens is 543 g/mol. The lowest BCUT2D eigenvalue weighted by Gasteiger charge is -2.36. The number of imide groups is 1. The fourth-order valence-corrected chi connectivity index (χ4v) is 6.11. The Bertz CT molecular complexity index is 1870. The molecule has 0 unspecified atom stereocenters. The van der Waals surface area contributed by atoms with Crippen molar-refractivity contribution in [3.63, 3.8) is 0 Å². The van der Waals surface area contributed by atoms with Gasteiger partial charge in [-0.15, -0.1) is 0 Å². The van der Waals surface area contributed by atoms with Gasteiger partial charge >= 0.3 is 6.03 Å². The molecule has 0 radical (unpaired) electrons. The van der Waals surface area contributed by atoms with E-state index in [1.54, 1.807) is 41.3 Å². The Morgan fingerprint density at radius 3 is 2.49 bits per heavy atom. The van der Waals surface area contributed by atoms with Crippen molar-refractivity contribution in [2.75, 3.05) is 10.2 Å². The zero-order valence-electron chi connectivity index (χ0n) is 21.5. The molecule has 7 rings (SSSR count). The molecule has 2 atom stereocenters. The minimum absolute atomic E-state index is 0.140. The molecule has 0 saturated carbocycles.